The summed E-state index contributed by atoms with van der Waals surface area (Å²) in [5, 5.41) is 9.31. The van der Waals surface area contributed by atoms with Crippen molar-refractivity contribution in [2.45, 2.75) is 19.5 Å². The van der Waals surface area contributed by atoms with Gasteiger partial charge in [0.25, 0.3) is 0 Å². The number of nitrogens with two attached hydrogens (primary N) is 1. The highest BCUT2D eigenvalue weighted by Gasteiger charge is 2.25. The monoisotopic (exact) mass is 351 g/mol. The number of benzene rings is 1. The van der Waals surface area contributed by atoms with E-state index in [1.165, 1.54) is 5.56 Å². The molecule has 1 amide bonds. The Morgan fingerprint density at radius 2 is 1.88 bits per heavy atom. The van der Waals surface area contributed by atoms with Crippen molar-refractivity contribution in [1.82, 2.24) is 14.8 Å². The fourth-order valence-electron chi connectivity index (χ4n) is 2.81. The third-order valence-corrected chi connectivity index (χ3v) is 4.33. The summed E-state index contributed by atoms with van der Waals surface area (Å²) in [5.41, 5.74) is 7.45. The molecule has 136 valence electrons. The molecule has 3 rings (SSSR count). The van der Waals surface area contributed by atoms with Crippen LogP contribution in [0.5, 0.6) is 0 Å². The molecule has 1 unspecified atom stereocenters. The lowest BCUT2D eigenvalue weighted by molar-refractivity contribution is -0.130. The first-order valence-electron chi connectivity index (χ1n) is 8.68. The first-order valence-corrected chi connectivity index (χ1v) is 8.68. The number of nitrogens with zero attached hydrogens (tertiary/aromatic N) is 4. The second-order valence-corrected chi connectivity index (χ2v) is 6.05. The van der Waals surface area contributed by atoms with Gasteiger partial charge in [-0.25, -0.2) is 0 Å². The van der Waals surface area contributed by atoms with Gasteiger partial charge in [0.1, 0.15) is 6.04 Å². The normalized spacial score (nSPS) is 15.3. The van der Waals surface area contributed by atoms with Crippen LogP contribution in [0.3, 0.4) is 0 Å². The van der Waals surface area contributed by atoms with Gasteiger partial charge in [-0.15, -0.1) is 0 Å². The maximum atomic E-state index is 11.2. The van der Waals surface area contributed by atoms with Gasteiger partial charge >= 0.3 is 0 Å². The zero-order valence-corrected chi connectivity index (χ0v) is 15.1. The van der Waals surface area contributed by atoms with E-state index in [9.17, 15) is 10.1 Å². The van der Waals surface area contributed by atoms with E-state index in [0.29, 0.717) is 19.6 Å². The molecule has 0 radical (unpaired) electrons. The van der Waals surface area contributed by atoms with Crippen LogP contribution in [0, 0.1) is 11.3 Å². The minimum Gasteiger partial charge on any atom is -0.340 e. The van der Waals surface area contributed by atoms with Crippen LogP contribution in [0.25, 0.3) is 0 Å². The molecule has 0 saturated carbocycles. The molecule has 6 nitrogen and oxygen atoms in total. The molecule has 1 atom stereocenters. The minimum atomic E-state index is -0.271. The van der Waals surface area contributed by atoms with Gasteiger partial charge in [0.15, 0.2) is 0 Å². The van der Waals surface area contributed by atoms with Crippen molar-refractivity contribution in [3.8, 4) is 6.07 Å². The number of pyridine rings is 1. The van der Waals surface area contributed by atoms with Crippen LogP contribution in [-0.4, -0.2) is 46.9 Å². The maximum absolute atomic E-state index is 11.2. The standard InChI is InChI=1S/C13H16N4O.C7H9N/c1-11(18)16-5-7-17(8-6-16)13(9-14)12-3-2-4-15-10-12;8-6-7-4-2-1-3-5-7/h2-4,10,13H,5-8H2,1H3;1-5H,6,8H2. The third kappa shape index (κ3) is 5.66. The first-order chi connectivity index (χ1) is 12.7. The third-order valence-electron chi connectivity index (χ3n) is 4.33. The van der Waals surface area contributed by atoms with Crippen LogP contribution in [0.4, 0.5) is 0 Å². The summed E-state index contributed by atoms with van der Waals surface area (Å²) < 4.78 is 0. The fraction of sp³-hybridized carbons (Fsp3) is 0.350. The van der Waals surface area contributed by atoms with Crippen molar-refractivity contribution in [2.24, 2.45) is 5.73 Å². The summed E-state index contributed by atoms with van der Waals surface area (Å²) in [6, 6.07) is 15.8. The van der Waals surface area contributed by atoms with E-state index in [2.05, 4.69) is 16.0 Å². The van der Waals surface area contributed by atoms with E-state index >= 15 is 0 Å². The van der Waals surface area contributed by atoms with Crippen LogP contribution < -0.4 is 5.73 Å². The van der Waals surface area contributed by atoms with E-state index in [1.807, 2.05) is 47.4 Å². The molecule has 1 fully saturated rings. The minimum absolute atomic E-state index is 0.101. The Balaban J connectivity index is 0.000000254. The summed E-state index contributed by atoms with van der Waals surface area (Å²) in [6.07, 6.45) is 3.43. The quantitative estimate of drug-likeness (QED) is 0.913. The summed E-state index contributed by atoms with van der Waals surface area (Å²) >= 11 is 0. The highest BCUT2D eigenvalue weighted by atomic mass is 16.2. The Kier molecular flexibility index (Phi) is 7.75. The number of nitriles is 1. The van der Waals surface area contributed by atoms with Crippen molar-refractivity contribution < 1.29 is 4.79 Å². The molecular formula is C20H25N5O. The summed E-state index contributed by atoms with van der Waals surface area (Å²) in [7, 11) is 0. The number of hydrogen-bond donors (Lipinski definition) is 1. The topological polar surface area (TPSA) is 86.2 Å². The van der Waals surface area contributed by atoms with Crippen molar-refractivity contribution >= 4 is 5.91 Å². The van der Waals surface area contributed by atoms with Crippen molar-refractivity contribution in [3.05, 3.63) is 66.0 Å². The molecule has 0 spiro atoms. The highest BCUT2D eigenvalue weighted by molar-refractivity contribution is 5.73. The van der Waals surface area contributed by atoms with Crippen molar-refractivity contribution in [3.63, 3.8) is 0 Å². The van der Waals surface area contributed by atoms with E-state index < -0.39 is 0 Å². The van der Waals surface area contributed by atoms with Crippen molar-refractivity contribution in [2.75, 3.05) is 26.2 Å². The van der Waals surface area contributed by atoms with E-state index in [1.54, 1.807) is 19.3 Å². The van der Waals surface area contributed by atoms with Crippen molar-refractivity contribution in [1.29, 1.82) is 5.26 Å². The van der Waals surface area contributed by atoms with Crippen LogP contribution in [-0.2, 0) is 11.3 Å². The molecule has 0 aliphatic carbocycles. The van der Waals surface area contributed by atoms with Crippen LogP contribution in [0.2, 0.25) is 0 Å². The number of hydrogen-bond acceptors (Lipinski definition) is 5. The number of amides is 1. The van der Waals surface area contributed by atoms with Gasteiger partial charge in [-0.3, -0.25) is 14.7 Å². The lowest BCUT2D eigenvalue weighted by Crippen LogP contribution is -2.48. The largest absolute Gasteiger partial charge is 0.340 e. The lowest BCUT2D eigenvalue weighted by atomic mass is 10.1. The maximum Gasteiger partial charge on any atom is 0.219 e. The van der Waals surface area contributed by atoms with Gasteiger partial charge in [0.05, 0.1) is 6.07 Å². The Morgan fingerprint density at radius 1 is 1.19 bits per heavy atom. The summed E-state index contributed by atoms with van der Waals surface area (Å²) in [5.74, 6) is 0.101. The molecule has 1 aromatic carbocycles. The highest BCUT2D eigenvalue weighted by Crippen LogP contribution is 2.20. The zero-order valence-electron chi connectivity index (χ0n) is 15.1. The zero-order chi connectivity index (χ0) is 18.8. The second kappa shape index (κ2) is 10.3. The Bertz CT molecular complexity index is 706. The van der Waals surface area contributed by atoms with E-state index in [-0.39, 0.29) is 11.9 Å². The smallest absolute Gasteiger partial charge is 0.219 e. The second-order valence-electron chi connectivity index (χ2n) is 6.05. The van der Waals surface area contributed by atoms with E-state index in [4.69, 9.17) is 5.73 Å². The van der Waals surface area contributed by atoms with Crippen LogP contribution in [0.15, 0.2) is 54.9 Å². The number of carbonyl (C=O) groups excluding carboxylic acids is 1. The number of aromatic nitrogens is 1. The predicted molar refractivity (Wildman–Crippen MR) is 101 cm³/mol. The van der Waals surface area contributed by atoms with Crippen LogP contribution >= 0.6 is 0 Å². The van der Waals surface area contributed by atoms with Gasteiger partial charge in [0.2, 0.25) is 5.91 Å². The van der Waals surface area contributed by atoms with Gasteiger partial charge in [-0.1, -0.05) is 36.4 Å². The molecule has 2 aromatic rings. The van der Waals surface area contributed by atoms with Gasteiger partial charge < -0.3 is 10.6 Å². The van der Waals surface area contributed by atoms with Gasteiger partial charge in [-0.2, -0.15) is 5.26 Å². The van der Waals surface area contributed by atoms with Gasteiger partial charge in [-0.05, 0) is 11.6 Å². The first kappa shape index (κ1) is 19.6. The molecule has 1 saturated heterocycles. The Labute approximate surface area is 154 Å². The number of carbonyl (C=O) groups is 1. The Hall–Kier alpha value is -2.75. The van der Waals surface area contributed by atoms with E-state index in [0.717, 1.165) is 18.7 Å². The SMILES string of the molecule is CC(=O)N1CCN(C(C#N)c2cccnc2)CC1.NCc1ccccc1. The molecule has 2 N–H and O–H groups in total. The fourth-order valence-corrected chi connectivity index (χ4v) is 2.81. The summed E-state index contributed by atoms with van der Waals surface area (Å²) in [6.45, 7) is 5.06. The number of piperazine rings is 1. The molecule has 6 heteroatoms. The molecule has 0 bridgehead atoms. The molecule has 1 aromatic heterocycles. The summed E-state index contributed by atoms with van der Waals surface area (Å²) in [4.78, 5) is 19.2. The molecule has 1 aliphatic rings. The molecule has 26 heavy (non-hydrogen) atoms. The molecule has 1 aliphatic heterocycles. The molecule has 2 heterocycles. The van der Waals surface area contributed by atoms with Crippen LogP contribution in [0.1, 0.15) is 24.1 Å². The average molecular weight is 351 g/mol. The van der Waals surface area contributed by atoms with Gasteiger partial charge in [0, 0.05) is 57.6 Å². The lowest BCUT2D eigenvalue weighted by Gasteiger charge is -2.36. The number of rotatable bonds is 3. The molecular weight excluding hydrogens is 326 g/mol. The Morgan fingerprint density at radius 3 is 2.35 bits per heavy atom. The average Bonchev–Trinajstić information content (AvgIpc) is 2.71. The predicted octanol–water partition coefficient (Wildman–Crippen LogP) is 1.96.